The maximum Gasteiger partial charge on any atom is 0.189 e. The van der Waals surface area contributed by atoms with Gasteiger partial charge in [-0.05, 0) is 97.7 Å². The summed E-state index contributed by atoms with van der Waals surface area (Å²) in [6, 6.07) is 0. The third-order valence-corrected chi connectivity index (χ3v) is 10.3. The largest absolute Gasteiger partial charge is 0.309 e. The first-order valence-electron chi connectivity index (χ1n) is 20.4. The lowest BCUT2D eigenvalue weighted by molar-refractivity contribution is -0.111. The summed E-state index contributed by atoms with van der Waals surface area (Å²) in [6.07, 6.45) is 53.0. The first-order chi connectivity index (χ1) is 22.6. The van der Waals surface area contributed by atoms with Crippen molar-refractivity contribution in [1.29, 1.82) is 0 Å². The lowest BCUT2D eigenvalue weighted by Gasteiger charge is -2.16. The maximum atomic E-state index is 12.7. The Balaban J connectivity index is 3.98. The predicted molar refractivity (Wildman–Crippen MR) is 212 cm³/mol. The Morgan fingerprint density at radius 2 is 0.870 bits per heavy atom. The fourth-order valence-corrected chi connectivity index (χ4v) is 7.23. The number of rotatable bonds is 36. The second-order valence-corrected chi connectivity index (χ2v) is 15.5. The van der Waals surface area contributed by atoms with Crippen molar-refractivity contribution in [2.75, 3.05) is 20.6 Å². The summed E-state index contributed by atoms with van der Waals surface area (Å²) in [5.41, 5.74) is 0. The second kappa shape index (κ2) is 38.6. The van der Waals surface area contributed by atoms with E-state index in [-0.39, 0.29) is 0 Å². The zero-order valence-electron chi connectivity index (χ0n) is 31.7. The van der Waals surface area contributed by atoms with E-state index < -0.39 is 0 Å². The first kappa shape index (κ1) is 45.2. The van der Waals surface area contributed by atoms with Crippen LogP contribution in [0.25, 0.3) is 0 Å². The summed E-state index contributed by atoms with van der Waals surface area (Å²) in [6.45, 7) is 5.57. The van der Waals surface area contributed by atoms with E-state index in [1.807, 2.05) is 0 Å². The van der Waals surface area contributed by atoms with Crippen molar-refractivity contribution in [1.82, 2.24) is 4.90 Å². The SMILES string of the molecule is CCCCC/C=C\C/C=C\CCCCCCCCC(CCCCCCCC/C=C\CCCCCCCC)SC(=O)CCCN(C)C. The minimum Gasteiger partial charge on any atom is -0.309 e. The molecule has 0 aromatic rings. The molecule has 0 bridgehead atoms. The van der Waals surface area contributed by atoms with E-state index in [1.54, 1.807) is 11.8 Å². The van der Waals surface area contributed by atoms with E-state index in [0.29, 0.717) is 10.4 Å². The average molecular weight is 660 g/mol. The molecule has 0 spiro atoms. The van der Waals surface area contributed by atoms with Gasteiger partial charge in [0.15, 0.2) is 5.12 Å². The molecule has 0 aliphatic carbocycles. The number of carbonyl (C=O) groups excluding carboxylic acids is 1. The Morgan fingerprint density at radius 1 is 0.500 bits per heavy atom. The summed E-state index contributed by atoms with van der Waals surface area (Å²) in [4.78, 5) is 14.9. The normalized spacial score (nSPS) is 12.9. The summed E-state index contributed by atoms with van der Waals surface area (Å²) < 4.78 is 0. The smallest absolute Gasteiger partial charge is 0.189 e. The van der Waals surface area contributed by atoms with Gasteiger partial charge in [-0.3, -0.25) is 4.79 Å². The highest BCUT2D eigenvalue weighted by molar-refractivity contribution is 8.14. The fourth-order valence-electron chi connectivity index (χ4n) is 6.03. The fraction of sp³-hybridized carbons (Fsp3) is 0.837. The van der Waals surface area contributed by atoms with Crippen LogP contribution in [0.1, 0.15) is 206 Å². The van der Waals surface area contributed by atoms with Gasteiger partial charge in [-0.15, -0.1) is 0 Å². The van der Waals surface area contributed by atoms with Crippen LogP contribution in [0.15, 0.2) is 36.5 Å². The van der Waals surface area contributed by atoms with Gasteiger partial charge in [-0.1, -0.05) is 171 Å². The summed E-state index contributed by atoms with van der Waals surface area (Å²) in [5, 5.41) is 0.964. The summed E-state index contributed by atoms with van der Waals surface area (Å²) >= 11 is 1.69. The quantitative estimate of drug-likeness (QED) is 0.0493. The zero-order valence-corrected chi connectivity index (χ0v) is 32.5. The average Bonchev–Trinajstić information content (AvgIpc) is 3.04. The molecule has 0 amide bonds. The standard InChI is InChI=1S/C43H81NOS/c1-5-7-9-11-13-15-17-19-21-23-25-27-29-31-33-35-38-42(46-43(45)40-37-41-44(3)4)39-36-34-32-30-28-26-24-22-20-18-16-14-12-10-8-6-2/h13,15,19-22,42H,5-12,14,16-18,23-41H2,1-4H3/b15-13-,21-19-,22-20-. The maximum absolute atomic E-state index is 12.7. The Bertz CT molecular complexity index is 697. The predicted octanol–water partition coefficient (Wildman–Crippen LogP) is 14.6. The van der Waals surface area contributed by atoms with Crippen LogP contribution in [-0.4, -0.2) is 35.9 Å². The molecule has 1 unspecified atom stereocenters. The van der Waals surface area contributed by atoms with Gasteiger partial charge in [0.05, 0.1) is 0 Å². The highest BCUT2D eigenvalue weighted by atomic mass is 32.2. The van der Waals surface area contributed by atoms with Gasteiger partial charge >= 0.3 is 0 Å². The summed E-state index contributed by atoms with van der Waals surface area (Å²) in [5.74, 6) is 0. The number of thioether (sulfide) groups is 1. The van der Waals surface area contributed by atoms with Gasteiger partial charge in [-0.2, -0.15) is 0 Å². The van der Waals surface area contributed by atoms with E-state index >= 15 is 0 Å². The van der Waals surface area contributed by atoms with Crippen LogP contribution in [0, 0.1) is 0 Å². The van der Waals surface area contributed by atoms with Gasteiger partial charge < -0.3 is 4.90 Å². The number of carbonyl (C=O) groups is 1. The molecule has 0 fully saturated rings. The van der Waals surface area contributed by atoms with Crippen LogP contribution in [-0.2, 0) is 4.79 Å². The molecule has 46 heavy (non-hydrogen) atoms. The van der Waals surface area contributed by atoms with E-state index in [4.69, 9.17) is 0 Å². The first-order valence-corrected chi connectivity index (χ1v) is 21.3. The Hall–Kier alpha value is -0.800. The molecule has 0 aromatic heterocycles. The van der Waals surface area contributed by atoms with E-state index in [2.05, 4.69) is 69.3 Å². The zero-order chi connectivity index (χ0) is 33.6. The topological polar surface area (TPSA) is 20.3 Å². The van der Waals surface area contributed by atoms with Crippen LogP contribution in [0.3, 0.4) is 0 Å². The number of unbranched alkanes of at least 4 members (excludes halogenated alkanes) is 21. The molecule has 0 aliphatic heterocycles. The van der Waals surface area contributed by atoms with Crippen molar-refractivity contribution in [3.05, 3.63) is 36.5 Å². The van der Waals surface area contributed by atoms with Crippen molar-refractivity contribution >= 4 is 16.9 Å². The molecule has 0 aromatic carbocycles. The van der Waals surface area contributed by atoms with Crippen molar-refractivity contribution in [2.24, 2.45) is 0 Å². The van der Waals surface area contributed by atoms with E-state index in [0.717, 1.165) is 25.8 Å². The van der Waals surface area contributed by atoms with Crippen LogP contribution < -0.4 is 0 Å². The Morgan fingerprint density at radius 3 is 1.33 bits per heavy atom. The molecule has 0 saturated carbocycles. The van der Waals surface area contributed by atoms with Gasteiger partial charge in [0.25, 0.3) is 0 Å². The van der Waals surface area contributed by atoms with Gasteiger partial charge in [0.2, 0.25) is 0 Å². The summed E-state index contributed by atoms with van der Waals surface area (Å²) in [7, 11) is 4.19. The van der Waals surface area contributed by atoms with Crippen LogP contribution in [0.2, 0.25) is 0 Å². The highest BCUT2D eigenvalue weighted by Crippen LogP contribution is 2.26. The lowest BCUT2D eigenvalue weighted by atomic mass is 10.0. The molecule has 0 rings (SSSR count). The molecule has 2 nitrogen and oxygen atoms in total. The van der Waals surface area contributed by atoms with Crippen molar-refractivity contribution in [2.45, 2.75) is 212 Å². The van der Waals surface area contributed by atoms with Crippen molar-refractivity contribution in [3.8, 4) is 0 Å². The monoisotopic (exact) mass is 660 g/mol. The molecule has 3 heteroatoms. The lowest BCUT2D eigenvalue weighted by Crippen LogP contribution is -2.14. The second-order valence-electron chi connectivity index (χ2n) is 14.1. The number of hydrogen-bond acceptors (Lipinski definition) is 3. The van der Waals surface area contributed by atoms with Gasteiger partial charge in [0, 0.05) is 11.7 Å². The highest BCUT2D eigenvalue weighted by Gasteiger charge is 2.14. The molecule has 1 atom stereocenters. The minimum atomic E-state index is 0.427. The number of nitrogens with zero attached hydrogens (tertiary/aromatic N) is 1. The minimum absolute atomic E-state index is 0.427. The molecule has 0 aliphatic rings. The molecule has 270 valence electrons. The molecule has 0 heterocycles. The number of hydrogen-bond donors (Lipinski definition) is 0. The van der Waals surface area contributed by atoms with Gasteiger partial charge in [-0.25, -0.2) is 0 Å². The molecular weight excluding hydrogens is 579 g/mol. The molecule has 0 N–H and O–H groups in total. The van der Waals surface area contributed by atoms with E-state index in [1.165, 1.54) is 173 Å². The van der Waals surface area contributed by atoms with Crippen molar-refractivity contribution < 1.29 is 4.79 Å². The third kappa shape index (κ3) is 37.7. The van der Waals surface area contributed by atoms with Crippen LogP contribution in [0.5, 0.6) is 0 Å². The Labute approximate surface area is 294 Å². The Kier molecular flexibility index (Phi) is 38.0. The number of allylic oxidation sites excluding steroid dienone is 6. The van der Waals surface area contributed by atoms with Crippen LogP contribution in [0.4, 0.5) is 0 Å². The van der Waals surface area contributed by atoms with Crippen molar-refractivity contribution in [3.63, 3.8) is 0 Å². The van der Waals surface area contributed by atoms with Crippen LogP contribution >= 0.6 is 11.8 Å². The third-order valence-electron chi connectivity index (χ3n) is 9.05. The molecule has 0 radical (unpaired) electrons. The van der Waals surface area contributed by atoms with Gasteiger partial charge in [0.1, 0.15) is 0 Å². The molecular formula is C43H81NOS. The molecule has 0 saturated heterocycles. The van der Waals surface area contributed by atoms with E-state index in [9.17, 15) is 4.79 Å².